The maximum Gasteiger partial charge on any atom is 0.254 e. The van der Waals surface area contributed by atoms with Crippen molar-refractivity contribution in [2.45, 2.75) is 69.4 Å². The lowest BCUT2D eigenvalue weighted by Crippen LogP contribution is -2.53. The van der Waals surface area contributed by atoms with E-state index in [1.165, 1.54) is 12.0 Å². The monoisotopic (exact) mass is 536 g/mol. The molecule has 0 radical (unpaired) electrons. The van der Waals surface area contributed by atoms with E-state index in [9.17, 15) is 9.59 Å². The molecular weight excluding hydrogens is 496 g/mol. The normalized spacial score (nSPS) is 22.2. The maximum absolute atomic E-state index is 14.6. The maximum atomic E-state index is 14.6. The van der Waals surface area contributed by atoms with Gasteiger partial charge in [0.15, 0.2) is 0 Å². The van der Waals surface area contributed by atoms with Gasteiger partial charge in [0.05, 0.1) is 19.1 Å². The second-order valence-electron chi connectivity index (χ2n) is 11.7. The van der Waals surface area contributed by atoms with Crippen LogP contribution in [-0.2, 0) is 11.2 Å². The number of hydrogen-bond acceptors (Lipinski definition) is 3. The number of fused-ring (bicyclic) bond motifs is 1. The molecule has 0 N–H and O–H groups in total. The minimum Gasteiger partial charge on any atom is -0.497 e. The van der Waals surface area contributed by atoms with Crippen molar-refractivity contribution in [1.82, 2.24) is 9.80 Å². The molecule has 6 rings (SSSR count). The van der Waals surface area contributed by atoms with Crippen molar-refractivity contribution < 1.29 is 14.3 Å². The van der Waals surface area contributed by atoms with Gasteiger partial charge in [0.1, 0.15) is 5.75 Å². The Labute approximate surface area is 238 Å². The average Bonchev–Trinajstić information content (AvgIpc) is 3.02. The van der Waals surface area contributed by atoms with Crippen LogP contribution in [0.4, 0.5) is 0 Å². The molecule has 2 fully saturated rings. The number of ether oxygens (including phenoxy) is 1. The third-order valence-electron chi connectivity index (χ3n) is 9.36. The summed E-state index contributed by atoms with van der Waals surface area (Å²) in [5.74, 6) is 1.16. The summed E-state index contributed by atoms with van der Waals surface area (Å²) in [5.41, 5.74) is 3.94. The Morgan fingerprint density at radius 3 is 2.20 bits per heavy atom. The molecule has 3 aromatic carbocycles. The second kappa shape index (κ2) is 11.9. The number of carbonyl (C=O) groups excluding carboxylic acids is 2. The molecule has 2 atom stereocenters. The van der Waals surface area contributed by atoms with E-state index in [1.807, 2.05) is 48.5 Å². The predicted molar refractivity (Wildman–Crippen MR) is 157 cm³/mol. The highest BCUT2D eigenvalue weighted by Gasteiger charge is 2.48. The first-order chi connectivity index (χ1) is 19.6. The fraction of sp³-hybridized carbons (Fsp3) is 0.429. The molecule has 2 heterocycles. The fourth-order valence-electron chi connectivity index (χ4n) is 7.24. The zero-order valence-electron chi connectivity index (χ0n) is 23.5. The molecule has 0 spiro atoms. The van der Waals surface area contributed by atoms with Crippen LogP contribution >= 0.6 is 0 Å². The fourth-order valence-corrected chi connectivity index (χ4v) is 7.24. The standard InChI is InChI=1S/C35H40N2O3/c1-40-29-18-16-27(17-19-29)33-32(35(39)36-22-20-26(21-23-36)24-25-10-4-2-5-11-25)30-14-8-9-15-31(30)34(38)37(33)28-12-6-3-7-13-28/h2,4-5,8-11,14-19,26,28,32-33H,3,6-7,12-13,20-24H2,1H3/t32-,33-/m0/s1. The number of rotatable bonds is 6. The summed E-state index contributed by atoms with van der Waals surface area (Å²) in [6.45, 7) is 1.53. The largest absolute Gasteiger partial charge is 0.497 e. The zero-order valence-corrected chi connectivity index (χ0v) is 23.5. The Kier molecular flexibility index (Phi) is 7.90. The predicted octanol–water partition coefficient (Wildman–Crippen LogP) is 6.79. The molecule has 3 aromatic rings. The van der Waals surface area contributed by atoms with Crippen molar-refractivity contribution in [3.63, 3.8) is 0 Å². The number of carbonyl (C=O) groups is 2. The van der Waals surface area contributed by atoms with Gasteiger partial charge in [-0.15, -0.1) is 0 Å². The SMILES string of the molecule is COc1ccc([C@H]2[C@@H](C(=O)N3CCC(Cc4ccccc4)CC3)c3ccccc3C(=O)N2C2CCCCC2)cc1. The molecule has 0 aromatic heterocycles. The number of hydrogen-bond donors (Lipinski definition) is 0. The van der Waals surface area contributed by atoms with Gasteiger partial charge in [-0.1, -0.05) is 79.9 Å². The molecule has 1 saturated heterocycles. The van der Waals surface area contributed by atoms with Crippen molar-refractivity contribution in [3.05, 3.63) is 101 Å². The Morgan fingerprint density at radius 2 is 1.50 bits per heavy atom. The molecule has 5 heteroatoms. The first kappa shape index (κ1) is 26.6. The van der Waals surface area contributed by atoms with Crippen LogP contribution in [0.2, 0.25) is 0 Å². The molecule has 1 saturated carbocycles. The summed E-state index contributed by atoms with van der Waals surface area (Å²) in [6.07, 6.45) is 8.52. The number of nitrogens with zero attached hydrogens (tertiary/aromatic N) is 2. The molecule has 2 aliphatic heterocycles. The highest BCUT2D eigenvalue weighted by molar-refractivity contribution is 6.01. The summed E-state index contributed by atoms with van der Waals surface area (Å²) in [7, 11) is 1.66. The molecule has 5 nitrogen and oxygen atoms in total. The molecule has 3 aliphatic rings. The van der Waals surface area contributed by atoms with Gasteiger partial charge >= 0.3 is 0 Å². The van der Waals surface area contributed by atoms with Crippen LogP contribution in [0.1, 0.15) is 84.0 Å². The molecular formula is C35H40N2O3. The highest BCUT2D eigenvalue weighted by atomic mass is 16.5. The number of likely N-dealkylation sites (tertiary alicyclic amines) is 1. The Balaban J connectivity index is 1.33. The Morgan fingerprint density at radius 1 is 0.825 bits per heavy atom. The average molecular weight is 537 g/mol. The van der Waals surface area contributed by atoms with Crippen LogP contribution in [-0.4, -0.2) is 47.9 Å². The minimum atomic E-state index is -0.421. The van der Waals surface area contributed by atoms with Gasteiger partial charge in [-0.25, -0.2) is 0 Å². The van der Waals surface area contributed by atoms with Crippen LogP contribution in [0.3, 0.4) is 0 Å². The molecule has 0 unspecified atom stereocenters. The minimum absolute atomic E-state index is 0.0638. The molecule has 208 valence electrons. The Bertz CT molecular complexity index is 1310. The molecule has 0 bridgehead atoms. The lowest BCUT2D eigenvalue weighted by Gasteiger charge is -2.48. The third-order valence-corrected chi connectivity index (χ3v) is 9.36. The van der Waals surface area contributed by atoms with Crippen molar-refractivity contribution in [2.75, 3.05) is 20.2 Å². The number of benzene rings is 3. The third kappa shape index (κ3) is 5.26. The van der Waals surface area contributed by atoms with Gasteiger partial charge in [0, 0.05) is 24.7 Å². The van der Waals surface area contributed by atoms with Gasteiger partial charge in [0.25, 0.3) is 5.91 Å². The van der Waals surface area contributed by atoms with E-state index in [-0.39, 0.29) is 23.9 Å². The van der Waals surface area contributed by atoms with E-state index in [0.29, 0.717) is 11.5 Å². The number of methoxy groups -OCH3 is 1. The summed E-state index contributed by atoms with van der Waals surface area (Å²) in [4.78, 5) is 32.9. The van der Waals surface area contributed by atoms with Gasteiger partial charge in [-0.05, 0) is 72.9 Å². The van der Waals surface area contributed by atoms with Crippen molar-refractivity contribution >= 4 is 11.8 Å². The summed E-state index contributed by atoms with van der Waals surface area (Å²) in [6, 6.07) is 26.3. The summed E-state index contributed by atoms with van der Waals surface area (Å²) in [5, 5.41) is 0. The van der Waals surface area contributed by atoms with E-state index in [2.05, 4.69) is 40.1 Å². The van der Waals surface area contributed by atoms with Crippen LogP contribution < -0.4 is 4.74 Å². The topological polar surface area (TPSA) is 49.9 Å². The van der Waals surface area contributed by atoms with E-state index >= 15 is 0 Å². The smallest absolute Gasteiger partial charge is 0.254 e. The molecule has 40 heavy (non-hydrogen) atoms. The Hall–Kier alpha value is -3.60. The van der Waals surface area contributed by atoms with Crippen molar-refractivity contribution in [3.8, 4) is 5.75 Å². The first-order valence-electron chi connectivity index (χ1n) is 15.0. The van der Waals surface area contributed by atoms with E-state index in [4.69, 9.17) is 4.74 Å². The van der Waals surface area contributed by atoms with Gasteiger partial charge < -0.3 is 14.5 Å². The summed E-state index contributed by atoms with van der Waals surface area (Å²) >= 11 is 0. The lowest BCUT2D eigenvalue weighted by atomic mass is 9.76. The molecule has 1 aliphatic carbocycles. The number of piperidine rings is 1. The van der Waals surface area contributed by atoms with E-state index in [0.717, 1.165) is 74.9 Å². The van der Waals surface area contributed by atoms with Crippen LogP contribution in [0.5, 0.6) is 5.75 Å². The van der Waals surface area contributed by atoms with Gasteiger partial charge in [-0.2, -0.15) is 0 Å². The van der Waals surface area contributed by atoms with Crippen LogP contribution in [0.25, 0.3) is 0 Å². The van der Waals surface area contributed by atoms with Crippen LogP contribution in [0.15, 0.2) is 78.9 Å². The van der Waals surface area contributed by atoms with E-state index in [1.54, 1.807) is 7.11 Å². The van der Waals surface area contributed by atoms with E-state index < -0.39 is 5.92 Å². The van der Waals surface area contributed by atoms with Crippen molar-refractivity contribution in [1.29, 1.82) is 0 Å². The van der Waals surface area contributed by atoms with Crippen LogP contribution in [0, 0.1) is 5.92 Å². The first-order valence-corrected chi connectivity index (χ1v) is 15.0. The number of amides is 2. The molecule has 2 amide bonds. The lowest BCUT2D eigenvalue weighted by molar-refractivity contribution is -0.136. The summed E-state index contributed by atoms with van der Waals surface area (Å²) < 4.78 is 5.44. The van der Waals surface area contributed by atoms with Gasteiger partial charge in [-0.3, -0.25) is 9.59 Å². The second-order valence-corrected chi connectivity index (χ2v) is 11.7. The highest BCUT2D eigenvalue weighted by Crippen LogP contribution is 2.47. The zero-order chi connectivity index (χ0) is 27.5. The van der Waals surface area contributed by atoms with Gasteiger partial charge in [0.2, 0.25) is 5.91 Å². The van der Waals surface area contributed by atoms with Crippen molar-refractivity contribution in [2.24, 2.45) is 5.92 Å². The quantitative estimate of drug-likeness (QED) is 0.349.